The summed E-state index contributed by atoms with van der Waals surface area (Å²) < 4.78 is 2.13. The third-order valence-corrected chi connectivity index (χ3v) is 4.01. The number of aliphatic hydroxyl groups is 1. The third-order valence-electron chi connectivity index (χ3n) is 4.01. The summed E-state index contributed by atoms with van der Waals surface area (Å²) in [4.78, 5) is 10.3. The SMILES string of the molecule is Cc1c(CO)c2ccccc2n1Cc1ccc([N+](=O)[O-])cc1. The van der Waals surface area contributed by atoms with Crippen LogP contribution in [0.3, 0.4) is 0 Å². The van der Waals surface area contributed by atoms with Crippen molar-refractivity contribution in [1.29, 1.82) is 0 Å². The van der Waals surface area contributed by atoms with Crippen molar-refractivity contribution in [2.75, 3.05) is 0 Å². The fourth-order valence-electron chi connectivity index (χ4n) is 2.81. The summed E-state index contributed by atoms with van der Waals surface area (Å²) in [5.41, 5.74) is 4.08. The quantitative estimate of drug-likeness (QED) is 0.592. The van der Waals surface area contributed by atoms with Gasteiger partial charge in [0.1, 0.15) is 0 Å². The number of nitrogens with zero attached hydrogens (tertiary/aromatic N) is 2. The predicted octanol–water partition coefficient (Wildman–Crippen LogP) is 3.40. The molecule has 112 valence electrons. The van der Waals surface area contributed by atoms with E-state index in [1.54, 1.807) is 12.1 Å². The van der Waals surface area contributed by atoms with E-state index in [2.05, 4.69) is 4.57 Å². The smallest absolute Gasteiger partial charge is 0.269 e. The lowest BCUT2D eigenvalue weighted by molar-refractivity contribution is -0.384. The van der Waals surface area contributed by atoms with E-state index in [9.17, 15) is 15.2 Å². The first-order valence-electron chi connectivity index (χ1n) is 7.02. The van der Waals surface area contributed by atoms with E-state index in [1.807, 2.05) is 31.2 Å². The maximum Gasteiger partial charge on any atom is 0.269 e. The lowest BCUT2D eigenvalue weighted by Crippen LogP contribution is -2.02. The van der Waals surface area contributed by atoms with Gasteiger partial charge in [-0.3, -0.25) is 10.1 Å². The molecule has 0 aliphatic carbocycles. The molecular weight excluding hydrogens is 280 g/mol. The molecule has 5 heteroatoms. The third kappa shape index (κ3) is 2.35. The molecule has 1 aromatic heterocycles. The average Bonchev–Trinajstić information content (AvgIpc) is 2.80. The molecule has 5 nitrogen and oxygen atoms in total. The van der Waals surface area contributed by atoms with Crippen LogP contribution in [0, 0.1) is 17.0 Å². The Balaban J connectivity index is 2.03. The molecule has 3 rings (SSSR count). The number of fused-ring (bicyclic) bond motifs is 1. The number of hydrogen-bond acceptors (Lipinski definition) is 3. The van der Waals surface area contributed by atoms with Gasteiger partial charge in [-0.05, 0) is 18.6 Å². The molecule has 3 aromatic rings. The van der Waals surface area contributed by atoms with E-state index in [-0.39, 0.29) is 12.3 Å². The Morgan fingerprint density at radius 1 is 1.14 bits per heavy atom. The summed E-state index contributed by atoms with van der Waals surface area (Å²) in [6.07, 6.45) is 0. The molecule has 2 aromatic carbocycles. The van der Waals surface area contributed by atoms with Gasteiger partial charge in [-0.1, -0.05) is 30.3 Å². The van der Waals surface area contributed by atoms with Crippen molar-refractivity contribution in [3.8, 4) is 0 Å². The summed E-state index contributed by atoms with van der Waals surface area (Å²) in [6.45, 7) is 2.60. The van der Waals surface area contributed by atoms with Crippen molar-refractivity contribution in [2.24, 2.45) is 0 Å². The molecule has 1 heterocycles. The van der Waals surface area contributed by atoms with E-state index in [4.69, 9.17) is 0 Å². The minimum atomic E-state index is -0.399. The number of nitro groups is 1. The van der Waals surface area contributed by atoms with E-state index >= 15 is 0 Å². The Hall–Kier alpha value is -2.66. The Bertz CT molecular complexity index is 835. The second-order valence-electron chi connectivity index (χ2n) is 5.25. The zero-order chi connectivity index (χ0) is 15.7. The maximum atomic E-state index is 10.7. The minimum absolute atomic E-state index is 0.000389. The highest BCUT2D eigenvalue weighted by atomic mass is 16.6. The van der Waals surface area contributed by atoms with Gasteiger partial charge in [0.2, 0.25) is 0 Å². The Morgan fingerprint density at radius 3 is 2.45 bits per heavy atom. The highest BCUT2D eigenvalue weighted by molar-refractivity contribution is 5.85. The number of nitro benzene ring substituents is 1. The van der Waals surface area contributed by atoms with Crippen LogP contribution in [0.5, 0.6) is 0 Å². The molecule has 0 spiro atoms. The minimum Gasteiger partial charge on any atom is -0.392 e. The van der Waals surface area contributed by atoms with Crippen LogP contribution < -0.4 is 0 Å². The first-order valence-corrected chi connectivity index (χ1v) is 7.02. The molecule has 0 saturated carbocycles. The van der Waals surface area contributed by atoms with Gasteiger partial charge in [-0.2, -0.15) is 0 Å². The standard InChI is InChI=1S/C17H16N2O3/c1-12-16(11-20)15-4-2-3-5-17(15)18(12)10-13-6-8-14(9-7-13)19(21)22/h2-9,20H,10-11H2,1H3. The molecule has 22 heavy (non-hydrogen) atoms. The van der Waals surface area contributed by atoms with Gasteiger partial charge in [-0.15, -0.1) is 0 Å². The van der Waals surface area contributed by atoms with Crippen molar-refractivity contribution in [2.45, 2.75) is 20.1 Å². The number of para-hydroxylation sites is 1. The molecular formula is C17H16N2O3. The summed E-state index contributed by atoms with van der Waals surface area (Å²) in [5, 5.41) is 21.4. The van der Waals surface area contributed by atoms with E-state index in [0.717, 1.165) is 27.7 Å². The highest BCUT2D eigenvalue weighted by Crippen LogP contribution is 2.27. The molecule has 0 aliphatic heterocycles. The van der Waals surface area contributed by atoms with Crippen LogP contribution in [-0.2, 0) is 13.2 Å². The molecule has 0 aliphatic rings. The molecule has 1 N–H and O–H groups in total. The Kier molecular flexibility index (Phi) is 3.65. The van der Waals surface area contributed by atoms with E-state index in [0.29, 0.717) is 6.54 Å². The van der Waals surface area contributed by atoms with Crippen LogP contribution in [0.25, 0.3) is 10.9 Å². The van der Waals surface area contributed by atoms with Gasteiger partial charge < -0.3 is 9.67 Å². The summed E-state index contributed by atoms with van der Waals surface area (Å²) in [7, 11) is 0. The van der Waals surface area contributed by atoms with Crippen LogP contribution >= 0.6 is 0 Å². The molecule has 0 unspecified atom stereocenters. The first kappa shape index (κ1) is 14.3. The number of rotatable bonds is 4. The number of benzene rings is 2. The van der Waals surface area contributed by atoms with Gasteiger partial charge in [0, 0.05) is 40.8 Å². The van der Waals surface area contributed by atoms with Crippen LogP contribution in [0.4, 0.5) is 5.69 Å². The number of aliphatic hydroxyl groups excluding tert-OH is 1. The molecule has 0 saturated heterocycles. The summed E-state index contributed by atoms with van der Waals surface area (Å²) >= 11 is 0. The number of hydrogen-bond donors (Lipinski definition) is 1. The van der Waals surface area contributed by atoms with Gasteiger partial charge >= 0.3 is 0 Å². The maximum absolute atomic E-state index is 10.7. The molecule has 0 atom stereocenters. The first-order chi connectivity index (χ1) is 10.6. The van der Waals surface area contributed by atoms with Crippen molar-refractivity contribution in [3.63, 3.8) is 0 Å². The van der Waals surface area contributed by atoms with E-state index in [1.165, 1.54) is 12.1 Å². The van der Waals surface area contributed by atoms with Gasteiger partial charge in [0.05, 0.1) is 11.5 Å². The lowest BCUT2D eigenvalue weighted by atomic mass is 10.1. The fourth-order valence-corrected chi connectivity index (χ4v) is 2.81. The zero-order valence-corrected chi connectivity index (χ0v) is 12.2. The second-order valence-corrected chi connectivity index (χ2v) is 5.25. The monoisotopic (exact) mass is 296 g/mol. The van der Waals surface area contributed by atoms with Crippen molar-refractivity contribution in [1.82, 2.24) is 4.57 Å². The van der Waals surface area contributed by atoms with Crippen LogP contribution in [-0.4, -0.2) is 14.6 Å². The fraction of sp³-hybridized carbons (Fsp3) is 0.176. The molecule has 0 bridgehead atoms. The van der Waals surface area contributed by atoms with Crippen molar-refractivity contribution in [3.05, 3.63) is 75.5 Å². The van der Waals surface area contributed by atoms with Gasteiger partial charge in [0.15, 0.2) is 0 Å². The van der Waals surface area contributed by atoms with Gasteiger partial charge in [0.25, 0.3) is 5.69 Å². The molecule has 0 fully saturated rings. The summed E-state index contributed by atoms with van der Waals surface area (Å²) in [5.74, 6) is 0. The normalized spacial score (nSPS) is 11.0. The van der Waals surface area contributed by atoms with Crippen LogP contribution in [0.2, 0.25) is 0 Å². The number of aromatic nitrogens is 1. The van der Waals surface area contributed by atoms with Crippen molar-refractivity contribution < 1.29 is 10.0 Å². The Labute approximate surface area is 127 Å². The van der Waals surface area contributed by atoms with Gasteiger partial charge in [-0.25, -0.2) is 0 Å². The lowest BCUT2D eigenvalue weighted by Gasteiger charge is -2.09. The summed E-state index contributed by atoms with van der Waals surface area (Å²) in [6, 6.07) is 14.5. The van der Waals surface area contributed by atoms with Crippen molar-refractivity contribution >= 4 is 16.6 Å². The molecule has 0 radical (unpaired) electrons. The zero-order valence-electron chi connectivity index (χ0n) is 12.2. The largest absolute Gasteiger partial charge is 0.392 e. The van der Waals surface area contributed by atoms with Crippen LogP contribution in [0.1, 0.15) is 16.8 Å². The topological polar surface area (TPSA) is 68.3 Å². The number of non-ortho nitro benzene ring substituents is 1. The predicted molar refractivity (Wildman–Crippen MR) is 84.8 cm³/mol. The second kappa shape index (κ2) is 5.61. The molecule has 0 amide bonds. The Morgan fingerprint density at radius 2 is 1.82 bits per heavy atom. The highest BCUT2D eigenvalue weighted by Gasteiger charge is 2.13. The van der Waals surface area contributed by atoms with E-state index < -0.39 is 4.92 Å². The van der Waals surface area contributed by atoms with Crippen LogP contribution in [0.15, 0.2) is 48.5 Å². The average molecular weight is 296 g/mol.